The highest BCUT2D eigenvalue weighted by Crippen LogP contribution is 2.19. The summed E-state index contributed by atoms with van der Waals surface area (Å²) in [7, 11) is -3.23. The van der Waals surface area contributed by atoms with E-state index in [0.717, 1.165) is 0 Å². The molecule has 1 aromatic rings. The van der Waals surface area contributed by atoms with E-state index in [1.165, 1.54) is 45.5 Å². The molecule has 0 aliphatic heterocycles. The Morgan fingerprint density at radius 3 is 2.38 bits per heavy atom. The maximum atomic E-state index is 11.1. The van der Waals surface area contributed by atoms with Crippen LogP contribution in [0.5, 0.6) is 0 Å². The van der Waals surface area contributed by atoms with Crippen LogP contribution in [0.1, 0.15) is 6.92 Å². The number of carbonyl (C=O) groups excluding carboxylic acids is 1. The molecular weight excluding hydrogens is 345 g/mol. The van der Waals surface area contributed by atoms with Crippen LogP contribution in [0, 0.1) is 0 Å². The third-order valence-electron chi connectivity index (χ3n) is 1.66. The average molecular weight is 355 g/mol. The summed E-state index contributed by atoms with van der Waals surface area (Å²) in [6.45, 7) is 1.98. The lowest BCUT2D eigenvalue weighted by atomic mass is 10.3. The van der Waals surface area contributed by atoms with Crippen molar-refractivity contribution in [3.8, 4) is 0 Å². The van der Waals surface area contributed by atoms with Gasteiger partial charge in [-0.25, -0.2) is 13.2 Å². The maximum Gasteiger partial charge on any atom is 0.411 e. The average Bonchev–Trinajstić information content (AvgIpc) is 2.17. The molecule has 0 radical (unpaired) electrons. The predicted octanol–water partition coefficient (Wildman–Crippen LogP) is 2.38. The van der Waals surface area contributed by atoms with Crippen LogP contribution in [0.15, 0.2) is 29.2 Å². The third kappa shape index (κ3) is 3.97. The number of rotatable bonds is 3. The highest BCUT2D eigenvalue weighted by atomic mass is 127. The quantitative estimate of drug-likeness (QED) is 0.668. The fraction of sp³-hybridized carbons (Fsp3) is 0.222. The van der Waals surface area contributed by atoms with Gasteiger partial charge in [0.15, 0.2) is 0 Å². The standard InChI is InChI=1S/C9H10INO4S/c1-2-15-9(12)11-7-3-5-8(6-4-7)16(10,13)14/h3-6H,2H2,1H3,(H,11,12). The van der Waals surface area contributed by atoms with E-state index in [1.807, 2.05) is 0 Å². The van der Waals surface area contributed by atoms with Gasteiger partial charge in [0.05, 0.1) is 32.7 Å². The van der Waals surface area contributed by atoms with Crippen LogP contribution in [-0.2, 0) is 11.7 Å². The first kappa shape index (κ1) is 13.2. The third-order valence-corrected chi connectivity index (χ3v) is 4.02. The Morgan fingerprint density at radius 2 is 1.94 bits per heavy atom. The number of hydrogen-bond acceptors (Lipinski definition) is 4. The summed E-state index contributed by atoms with van der Waals surface area (Å²) in [4.78, 5) is 11.2. The number of amides is 1. The molecule has 0 aliphatic rings. The molecule has 0 saturated carbocycles. The predicted molar refractivity (Wildman–Crippen MR) is 68.3 cm³/mol. The number of halogens is 1. The number of hydrogen-bond donors (Lipinski definition) is 1. The zero-order valence-electron chi connectivity index (χ0n) is 8.44. The molecule has 1 N–H and O–H groups in total. The summed E-state index contributed by atoms with van der Waals surface area (Å²) >= 11 is 1.35. The minimum absolute atomic E-state index is 0.197. The molecule has 0 fully saturated rings. The first-order chi connectivity index (χ1) is 7.43. The number of anilines is 1. The van der Waals surface area contributed by atoms with E-state index in [1.54, 1.807) is 6.92 Å². The molecule has 0 aromatic heterocycles. The van der Waals surface area contributed by atoms with Gasteiger partial charge in [-0.1, -0.05) is 0 Å². The molecular formula is C9H10INO4S. The van der Waals surface area contributed by atoms with Crippen molar-refractivity contribution in [3.05, 3.63) is 24.3 Å². The van der Waals surface area contributed by atoms with Gasteiger partial charge >= 0.3 is 6.09 Å². The van der Waals surface area contributed by atoms with Gasteiger partial charge in [-0.15, -0.1) is 0 Å². The molecule has 0 unspecified atom stereocenters. The van der Waals surface area contributed by atoms with Crippen LogP contribution in [0.3, 0.4) is 0 Å². The molecule has 1 aromatic carbocycles. The fourth-order valence-corrected chi connectivity index (χ4v) is 2.33. The number of carbonyl (C=O) groups is 1. The van der Waals surface area contributed by atoms with Crippen LogP contribution >= 0.6 is 21.2 Å². The second-order valence-corrected chi connectivity index (χ2v) is 7.63. The summed E-state index contributed by atoms with van der Waals surface area (Å²) in [5.74, 6) is 0. The molecule has 1 rings (SSSR count). The van der Waals surface area contributed by atoms with Crippen molar-refractivity contribution in [1.29, 1.82) is 0 Å². The molecule has 0 bridgehead atoms. The molecule has 88 valence electrons. The van der Waals surface area contributed by atoms with Crippen molar-refractivity contribution in [2.45, 2.75) is 11.8 Å². The van der Waals surface area contributed by atoms with Crippen LogP contribution in [-0.4, -0.2) is 21.1 Å². The number of benzene rings is 1. The monoisotopic (exact) mass is 355 g/mol. The Morgan fingerprint density at radius 1 is 1.38 bits per heavy atom. The Labute approximate surface area is 106 Å². The van der Waals surface area contributed by atoms with E-state index < -0.39 is 13.1 Å². The Hall–Kier alpha value is -0.830. The zero-order valence-corrected chi connectivity index (χ0v) is 11.4. The van der Waals surface area contributed by atoms with E-state index in [0.29, 0.717) is 5.69 Å². The van der Waals surface area contributed by atoms with E-state index in [4.69, 9.17) is 0 Å². The van der Waals surface area contributed by atoms with Gasteiger partial charge in [0.1, 0.15) is 0 Å². The van der Waals surface area contributed by atoms with Gasteiger partial charge in [-0.3, -0.25) is 5.32 Å². The Balaban J connectivity index is 2.76. The van der Waals surface area contributed by atoms with Crippen LogP contribution in [0.2, 0.25) is 0 Å². The SMILES string of the molecule is CCOC(=O)Nc1ccc(S(=O)(=O)I)cc1. The van der Waals surface area contributed by atoms with Crippen molar-refractivity contribution < 1.29 is 17.9 Å². The van der Waals surface area contributed by atoms with E-state index in [-0.39, 0.29) is 11.5 Å². The van der Waals surface area contributed by atoms with Crippen molar-refractivity contribution in [2.24, 2.45) is 0 Å². The summed E-state index contributed by atoms with van der Waals surface area (Å²) < 4.78 is 27.0. The molecule has 7 heteroatoms. The maximum absolute atomic E-state index is 11.1. The Bertz CT molecular complexity index is 469. The van der Waals surface area contributed by atoms with Crippen LogP contribution in [0.4, 0.5) is 10.5 Å². The van der Waals surface area contributed by atoms with Crippen LogP contribution in [0.25, 0.3) is 0 Å². The van der Waals surface area contributed by atoms with Crippen LogP contribution < -0.4 is 5.32 Å². The van der Waals surface area contributed by atoms with Gasteiger partial charge < -0.3 is 4.74 Å². The fourth-order valence-electron chi connectivity index (χ4n) is 0.986. The first-order valence-corrected chi connectivity index (χ1v) is 8.44. The summed E-state index contributed by atoms with van der Waals surface area (Å²) in [6, 6.07) is 5.84. The zero-order chi connectivity index (χ0) is 12.2. The highest BCUT2D eigenvalue weighted by molar-refractivity contribution is 14.2. The molecule has 0 heterocycles. The minimum Gasteiger partial charge on any atom is -0.450 e. The van der Waals surface area contributed by atoms with Gasteiger partial charge in [-0.2, -0.15) is 0 Å². The molecule has 0 spiro atoms. The summed E-state index contributed by atoms with van der Waals surface area (Å²) in [5, 5.41) is 2.46. The van der Waals surface area contributed by atoms with Gasteiger partial charge in [0.2, 0.25) is 7.01 Å². The van der Waals surface area contributed by atoms with Crippen molar-refractivity contribution in [2.75, 3.05) is 11.9 Å². The lowest BCUT2D eigenvalue weighted by molar-refractivity contribution is 0.168. The number of ether oxygens (including phenoxy) is 1. The Kier molecular flexibility index (Phi) is 4.54. The first-order valence-electron chi connectivity index (χ1n) is 4.42. The number of nitrogens with one attached hydrogen (secondary N) is 1. The molecule has 5 nitrogen and oxygen atoms in total. The highest BCUT2D eigenvalue weighted by Gasteiger charge is 2.09. The summed E-state index contributed by atoms with van der Waals surface area (Å²) in [6.07, 6.45) is -0.562. The van der Waals surface area contributed by atoms with Gasteiger partial charge in [-0.05, 0) is 31.2 Å². The van der Waals surface area contributed by atoms with Gasteiger partial charge in [0, 0.05) is 5.69 Å². The topological polar surface area (TPSA) is 72.5 Å². The lowest BCUT2D eigenvalue weighted by Crippen LogP contribution is -2.13. The van der Waals surface area contributed by atoms with E-state index >= 15 is 0 Å². The molecule has 1 amide bonds. The molecule has 0 atom stereocenters. The van der Waals surface area contributed by atoms with Gasteiger partial charge in [0.25, 0.3) is 0 Å². The molecule has 16 heavy (non-hydrogen) atoms. The van der Waals surface area contributed by atoms with Crippen molar-refractivity contribution in [1.82, 2.24) is 0 Å². The van der Waals surface area contributed by atoms with Crippen molar-refractivity contribution in [3.63, 3.8) is 0 Å². The summed E-state index contributed by atoms with van der Waals surface area (Å²) in [5.41, 5.74) is 0.488. The van der Waals surface area contributed by atoms with E-state index in [9.17, 15) is 13.2 Å². The second kappa shape index (κ2) is 5.48. The largest absolute Gasteiger partial charge is 0.450 e. The molecule has 0 aliphatic carbocycles. The molecule has 0 saturated heterocycles. The van der Waals surface area contributed by atoms with Crippen molar-refractivity contribution >= 4 is 40.0 Å². The lowest BCUT2D eigenvalue weighted by Gasteiger charge is -2.05. The smallest absolute Gasteiger partial charge is 0.411 e. The second-order valence-electron chi connectivity index (χ2n) is 2.81. The normalized spacial score (nSPS) is 10.9. The van der Waals surface area contributed by atoms with E-state index in [2.05, 4.69) is 10.1 Å². The minimum atomic E-state index is -3.23.